The quantitative estimate of drug-likeness (QED) is 0.676. The lowest BCUT2D eigenvalue weighted by Gasteiger charge is -2.15. The Morgan fingerprint density at radius 1 is 1.21 bits per heavy atom. The van der Waals surface area contributed by atoms with Crippen LogP contribution < -0.4 is 19.5 Å². The molecule has 2 aromatic heterocycles. The second-order valence-corrected chi connectivity index (χ2v) is 6.63. The Morgan fingerprint density at radius 3 is 2.90 bits per heavy atom. The van der Waals surface area contributed by atoms with Crippen molar-refractivity contribution in [1.29, 1.82) is 0 Å². The van der Waals surface area contributed by atoms with E-state index in [1.165, 1.54) is 24.1 Å². The number of hydrogen-bond acceptors (Lipinski definition) is 6. The molecule has 8 nitrogen and oxygen atoms in total. The molecular formula is C20H16FN6O2+. The topological polar surface area (TPSA) is 83.3 Å². The number of amides is 1. The monoisotopic (exact) mass is 391 g/mol. The Kier molecular flexibility index (Phi) is 3.94. The van der Waals surface area contributed by atoms with Crippen LogP contribution in [0.2, 0.25) is 0 Å². The number of fused-ring (bicyclic) bond motifs is 3. The summed E-state index contributed by atoms with van der Waals surface area (Å²) in [6.45, 7) is 0.565. The lowest BCUT2D eigenvalue weighted by molar-refractivity contribution is -0.112. The molecule has 2 aliphatic rings. The Hall–Kier alpha value is -3.88. The lowest BCUT2D eigenvalue weighted by atomic mass is 10.1. The molecule has 0 fully saturated rings. The highest BCUT2D eigenvalue weighted by Gasteiger charge is 2.29. The third-order valence-electron chi connectivity index (χ3n) is 4.90. The molecule has 0 radical (unpaired) electrons. The summed E-state index contributed by atoms with van der Waals surface area (Å²) in [6.07, 6.45) is 4.77. The molecule has 1 N–H and O–H groups in total. The summed E-state index contributed by atoms with van der Waals surface area (Å²) in [6, 6.07) is 9.01. The van der Waals surface area contributed by atoms with E-state index in [1.807, 2.05) is 18.2 Å². The molecule has 2 aliphatic heterocycles. The first kappa shape index (κ1) is 17.2. The molecule has 4 heterocycles. The number of rotatable bonds is 2. The smallest absolute Gasteiger partial charge is 0.440 e. The molecule has 0 spiro atoms. The molecule has 0 saturated heterocycles. The van der Waals surface area contributed by atoms with Crippen molar-refractivity contribution < 1.29 is 13.9 Å². The maximum atomic E-state index is 14.4. The van der Waals surface area contributed by atoms with E-state index >= 15 is 0 Å². The molecule has 5 rings (SSSR count). The van der Waals surface area contributed by atoms with E-state index in [9.17, 15) is 9.18 Å². The molecule has 4 bridgehead atoms. The van der Waals surface area contributed by atoms with Crippen LogP contribution >= 0.6 is 0 Å². The van der Waals surface area contributed by atoms with Crippen molar-refractivity contribution in [3.05, 3.63) is 54.1 Å². The Labute approximate surface area is 165 Å². The van der Waals surface area contributed by atoms with Gasteiger partial charge in [0.1, 0.15) is 18.1 Å². The minimum Gasteiger partial charge on any atom is -0.481 e. The van der Waals surface area contributed by atoms with Crippen molar-refractivity contribution in [2.45, 2.75) is 6.42 Å². The second-order valence-electron chi connectivity index (χ2n) is 6.63. The van der Waals surface area contributed by atoms with Crippen molar-refractivity contribution >= 4 is 41.0 Å². The van der Waals surface area contributed by atoms with Crippen molar-refractivity contribution in [1.82, 2.24) is 19.5 Å². The summed E-state index contributed by atoms with van der Waals surface area (Å²) in [5.41, 5.74) is 3.05. The average molecular weight is 391 g/mol. The van der Waals surface area contributed by atoms with Gasteiger partial charge in [-0.3, -0.25) is 4.79 Å². The maximum Gasteiger partial charge on any atom is 0.440 e. The molecule has 0 saturated carbocycles. The fourth-order valence-electron chi connectivity index (χ4n) is 3.45. The predicted molar refractivity (Wildman–Crippen MR) is 106 cm³/mol. The van der Waals surface area contributed by atoms with Gasteiger partial charge in [-0.15, -0.1) is 0 Å². The van der Waals surface area contributed by atoms with Crippen LogP contribution in [0.1, 0.15) is 5.56 Å². The van der Waals surface area contributed by atoms with Crippen LogP contribution in [0.25, 0.3) is 0 Å². The first-order chi connectivity index (χ1) is 14.1. The molecule has 9 heteroatoms. The Balaban J connectivity index is 1.71. The van der Waals surface area contributed by atoms with Gasteiger partial charge in [0.05, 0.1) is 13.3 Å². The van der Waals surface area contributed by atoms with Crippen LogP contribution in [0.5, 0.6) is 5.88 Å². The number of pyridine rings is 1. The van der Waals surface area contributed by atoms with Crippen LogP contribution in [0.15, 0.2) is 42.7 Å². The van der Waals surface area contributed by atoms with Crippen molar-refractivity contribution in [3.8, 4) is 5.88 Å². The number of hydrogen-bond donors (Lipinski definition) is 1. The van der Waals surface area contributed by atoms with E-state index in [-0.39, 0.29) is 17.7 Å². The van der Waals surface area contributed by atoms with E-state index in [0.29, 0.717) is 23.8 Å². The number of aromatic nitrogens is 3. The number of nitrogens with zero attached hydrogens (tertiary/aromatic N) is 5. The summed E-state index contributed by atoms with van der Waals surface area (Å²) in [5.74, 6) is -0.226. The number of carbonyl (C=O) groups is 1. The number of carbonyl (C=O) groups excluding carboxylic acids is 1. The number of halogens is 1. The van der Waals surface area contributed by atoms with Gasteiger partial charge in [0, 0.05) is 24.0 Å². The molecule has 0 unspecified atom stereocenters. The SMILES string of the molecule is COc1ccc([N+]2=CC(=O)N3CCc4ccc(cc43)Nc3nc2ncc3F)cn1. The van der Waals surface area contributed by atoms with Gasteiger partial charge in [-0.2, -0.15) is 8.97 Å². The summed E-state index contributed by atoms with van der Waals surface area (Å²) < 4.78 is 21.0. The van der Waals surface area contributed by atoms with Crippen molar-refractivity contribution in [2.75, 3.05) is 23.9 Å². The van der Waals surface area contributed by atoms with Gasteiger partial charge in [-0.25, -0.2) is 4.98 Å². The summed E-state index contributed by atoms with van der Waals surface area (Å²) in [7, 11) is 1.52. The summed E-state index contributed by atoms with van der Waals surface area (Å²) >= 11 is 0. The largest absolute Gasteiger partial charge is 0.481 e. The number of benzene rings is 1. The van der Waals surface area contributed by atoms with Crippen LogP contribution in [0.3, 0.4) is 0 Å². The predicted octanol–water partition coefficient (Wildman–Crippen LogP) is 2.57. The minimum atomic E-state index is -0.593. The number of ether oxygens (including phenoxy) is 1. The number of anilines is 3. The first-order valence-electron chi connectivity index (χ1n) is 9.00. The van der Waals surface area contributed by atoms with Gasteiger partial charge < -0.3 is 15.0 Å². The molecule has 1 amide bonds. The van der Waals surface area contributed by atoms with E-state index in [2.05, 4.69) is 20.3 Å². The van der Waals surface area contributed by atoms with Crippen molar-refractivity contribution in [3.63, 3.8) is 0 Å². The highest BCUT2D eigenvalue weighted by molar-refractivity contribution is 6.34. The molecule has 1 aromatic carbocycles. The third-order valence-corrected chi connectivity index (χ3v) is 4.90. The maximum absolute atomic E-state index is 14.4. The molecular weight excluding hydrogens is 375 g/mol. The van der Waals surface area contributed by atoms with Gasteiger partial charge in [0.15, 0.2) is 0 Å². The molecule has 3 aromatic rings. The van der Waals surface area contributed by atoms with E-state index in [1.54, 1.807) is 17.0 Å². The second kappa shape index (κ2) is 6.62. The fraction of sp³-hybridized carbons (Fsp3) is 0.150. The Bertz CT molecular complexity index is 1160. The van der Waals surface area contributed by atoms with E-state index in [4.69, 9.17) is 4.74 Å². The standard InChI is InChI=1S/C20H16FN6O2/c1-29-17-5-4-14(9-22-17)27-11-18(28)26-7-6-12-2-3-13(8-16(12)26)24-19-15(21)10-23-20(27)25-19/h2-5,8-11H,6-7H2,1H3,(H,23,24,25)/q+1. The van der Waals surface area contributed by atoms with E-state index in [0.717, 1.165) is 23.9 Å². The Morgan fingerprint density at radius 2 is 2.10 bits per heavy atom. The van der Waals surface area contributed by atoms with Gasteiger partial charge in [0.25, 0.3) is 5.91 Å². The normalized spacial score (nSPS) is 14.8. The summed E-state index contributed by atoms with van der Waals surface area (Å²) in [4.78, 5) is 27.4. The van der Waals surface area contributed by atoms with Crippen LogP contribution in [-0.2, 0) is 11.2 Å². The van der Waals surface area contributed by atoms with Gasteiger partial charge in [0.2, 0.25) is 17.5 Å². The molecule has 0 atom stereocenters. The van der Waals surface area contributed by atoms with Crippen LogP contribution in [0, 0.1) is 5.82 Å². The van der Waals surface area contributed by atoms with Gasteiger partial charge >= 0.3 is 5.95 Å². The fourth-order valence-corrected chi connectivity index (χ4v) is 3.45. The van der Waals surface area contributed by atoms with Gasteiger partial charge in [-0.1, -0.05) is 11.1 Å². The van der Waals surface area contributed by atoms with Crippen LogP contribution in [-0.4, -0.2) is 40.7 Å². The highest BCUT2D eigenvalue weighted by atomic mass is 19.1. The third kappa shape index (κ3) is 2.96. The first-order valence-corrected chi connectivity index (χ1v) is 9.00. The molecule has 144 valence electrons. The zero-order chi connectivity index (χ0) is 20.0. The minimum absolute atomic E-state index is 0.0220. The van der Waals surface area contributed by atoms with E-state index < -0.39 is 5.82 Å². The average Bonchev–Trinajstić information content (AvgIpc) is 3.16. The number of methoxy groups -OCH3 is 1. The molecule has 0 aliphatic carbocycles. The number of nitrogens with one attached hydrogen (secondary N) is 1. The van der Waals surface area contributed by atoms with Crippen LogP contribution in [0.4, 0.5) is 33.2 Å². The zero-order valence-electron chi connectivity index (χ0n) is 15.5. The highest BCUT2D eigenvalue weighted by Crippen LogP contribution is 2.33. The van der Waals surface area contributed by atoms with Crippen molar-refractivity contribution in [2.24, 2.45) is 0 Å². The summed E-state index contributed by atoms with van der Waals surface area (Å²) in [5, 5.41) is 2.99. The zero-order valence-corrected chi connectivity index (χ0v) is 15.5. The lowest BCUT2D eigenvalue weighted by Crippen LogP contribution is -2.32. The van der Waals surface area contributed by atoms with Gasteiger partial charge in [-0.05, 0) is 35.2 Å². The molecule has 29 heavy (non-hydrogen) atoms.